The van der Waals surface area contributed by atoms with Crippen molar-refractivity contribution in [1.29, 1.82) is 0 Å². The molecule has 0 saturated heterocycles. The molecule has 0 rings (SSSR count). The zero-order chi connectivity index (χ0) is 48.6. The smallest absolute Gasteiger partial charge is 0.306 e. The van der Waals surface area contributed by atoms with E-state index in [1.165, 1.54) is 128 Å². The minimum absolute atomic E-state index is 0.111. The lowest BCUT2D eigenvalue weighted by molar-refractivity contribution is -0.167. The maximum atomic E-state index is 12.8. The predicted octanol–water partition coefficient (Wildman–Crippen LogP) is 18.5. The predicted molar refractivity (Wildman–Crippen MR) is 288 cm³/mol. The van der Waals surface area contributed by atoms with Crippen LogP contribution in [0.1, 0.15) is 252 Å². The molecule has 1 unspecified atom stereocenters. The fourth-order valence-corrected chi connectivity index (χ4v) is 7.50. The van der Waals surface area contributed by atoms with Crippen LogP contribution in [0.3, 0.4) is 0 Å². The Hall–Kier alpha value is -3.67. The number of esters is 3. The monoisotopic (exact) mass is 931 g/mol. The van der Waals surface area contributed by atoms with Crippen LogP contribution in [-0.2, 0) is 28.6 Å². The molecule has 0 aromatic carbocycles. The Bertz CT molecular complexity index is 1350. The molecule has 0 aliphatic rings. The third-order valence-corrected chi connectivity index (χ3v) is 11.7. The molecule has 382 valence electrons. The molecule has 0 aliphatic carbocycles. The summed E-state index contributed by atoms with van der Waals surface area (Å²) in [6, 6.07) is 0. The highest BCUT2D eigenvalue weighted by Crippen LogP contribution is 2.16. The van der Waals surface area contributed by atoms with Crippen LogP contribution in [-0.4, -0.2) is 37.2 Å². The summed E-state index contributed by atoms with van der Waals surface area (Å²) in [5, 5.41) is 0. The summed E-state index contributed by atoms with van der Waals surface area (Å²) in [6.07, 6.45) is 72.6. The van der Waals surface area contributed by atoms with Gasteiger partial charge in [-0.2, -0.15) is 0 Å². The van der Waals surface area contributed by atoms with Gasteiger partial charge in [0.2, 0.25) is 0 Å². The van der Waals surface area contributed by atoms with Gasteiger partial charge in [0.25, 0.3) is 0 Å². The molecule has 0 spiro atoms. The van der Waals surface area contributed by atoms with Gasteiger partial charge in [0, 0.05) is 19.3 Å². The molecule has 0 aromatic heterocycles. The summed E-state index contributed by atoms with van der Waals surface area (Å²) in [6.45, 7) is 6.40. The van der Waals surface area contributed by atoms with E-state index in [1.54, 1.807) is 0 Å². The highest BCUT2D eigenvalue weighted by molar-refractivity contribution is 5.71. The summed E-state index contributed by atoms with van der Waals surface area (Å²) in [4.78, 5) is 38.0. The molecule has 0 aromatic rings. The number of hydrogen-bond acceptors (Lipinski definition) is 6. The first-order valence-corrected chi connectivity index (χ1v) is 27.8. The normalized spacial score (nSPS) is 12.8. The van der Waals surface area contributed by atoms with Gasteiger partial charge in [0.1, 0.15) is 13.2 Å². The topological polar surface area (TPSA) is 78.9 Å². The van der Waals surface area contributed by atoms with Crippen molar-refractivity contribution >= 4 is 17.9 Å². The largest absolute Gasteiger partial charge is 0.462 e. The molecule has 0 heterocycles. The lowest BCUT2D eigenvalue weighted by Crippen LogP contribution is -2.30. The van der Waals surface area contributed by atoms with Crippen LogP contribution in [0.2, 0.25) is 0 Å². The van der Waals surface area contributed by atoms with E-state index in [1.807, 2.05) is 36.5 Å². The fourth-order valence-electron chi connectivity index (χ4n) is 7.50. The SMILES string of the molecule is CC/C=C/C=C/C=C/C=C/CCCCCC(=O)OCC(COC(=O)CCCCCCCCCCCCCCCCCCCCC)OC(=O)CCC/C=C/C/C=C/C/C=C/C/C=C/CCCCC. The lowest BCUT2D eigenvalue weighted by Gasteiger charge is -2.18. The average Bonchev–Trinajstić information content (AvgIpc) is 3.33. The number of allylic oxidation sites excluding steroid dienone is 16. The van der Waals surface area contributed by atoms with Gasteiger partial charge in [0.15, 0.2) is 6.10 Å². The quantitative estimate of drug-likeness (QED) is 0.0199. The van der Waals surface area contributed by atoms with Crippen molar-refractivity contribution in [1.82, 2.24) is 0 Å². The minimum atomic E-state index is -0.822. The van der Waals surface area contributed by atoms with E-state index in [0.29, 0.717) is 19.3 Å². The Morgan fingerprint density at radius 2 is 0.657 bits per heavy atom. The van der Waals surface area contributed by atoms with Crippen LogP contribution in [0.5, 0.6) is 0 Å². The van der Waals surface area contributed by atoms with E-state index in [4.69, 9.17) is 14.2 Å². The van der Waals surface area contributed by atoms with E-state index in [-0.39, 0.29) is 37.5 Å². The van der Waals surface area contributed by atoms with Crippen LogP contribution < -0.4 is 0 Å². The molecule has 0 fully saturated rings. The van der Waals surface area contributed by atoms with Crippen molar-refractivity contribution in [3.05, 3.63) is 97.2 Å². The van der Waals surface area contributed by atoms with E-state index < -0.39 is 6.10 Å². The maximum absolute atomic E-state index is 12.8. The Balaban J connectivity index is 4.47. The van der Waals surface area contributed by atoms with Crippen molar-refractivity contribution in [2.24, 2.45) is 0 Å². The molecule has 6 nitrogen and oxygen atoms in total. The number of unbranched alkanes of at least 4 members (excludes halogenated alkanes) is 25. The van der Waals surface area contributed by atoms with Crippen LogP contribution in [0, 0.1) is 0 Å². The molecule has 6 heteroatoms. The molecule has 0 amide bonds. The standard InChI is InChI=1S/C61H102O6/c1-4-7-10-13-16-19-22-25-27-29-30-32-33-36-39-42-45-48-51-54-60(63)66-57-58(56-65-59(62)53-50-47-44-41-38-35-24-21-18-15-12-9-6-3)67-61(64)55-52-49-46-43-40-37-34-31-28-26-23-20-17-14-11-8-5-2/h9,12,15,17-18,20-21,24,26,28,34-35,37-38,43,46,58H,4-8,10-11,13-14,16,19,22-23,25,27,29-33,36,39-42,44-45,47-57H2,1-3H3/b12-9+,18-15+,20-17+,24-21+,28-26+,37-34+,38-35+,46-43+. The summed E-state index contributed by atoms with van der Waals surface area (Å²) in [7, 11) is 0. The summed E-state index contributed by atoms with van der Waals surface area (Å²) in [5.74, 6) is -1.01. The fraction of sp³-hybridized carbons (Fsp3) is 0.689. The highest BCUT2D eigenvalue weighted by Gasteiger charge is 2.19. The third kappa shape index (κ3) is 53.2. The van der Waals surface area contributed by atoms with Gasteiger partial charge >= 0.3 is 17.9 Å². The lowest BCUT2D eigenvalue weighted by atomic mass is 10.0. The molecule has 0 bridgehead atoms. The maximum Gasteiger partial charge on any atom is 0.306 e. The molecule has 67 heavy (non-hydrogen) atoms. The van der Waals surface area contributed by atoms with E-state index in [9.17, 15) is 14.4 Å². The second-order valence-electron chi connectivity index (χ2n) is 18.2. The van der Waals surface area contributed by atoms with E-state index >= 15 is 0 Å². The first-order valence-electron chi connectivity index (χ1n) is 27.8. The Morgan fingerprint density at radius 1 is 0.328 bits per heavy atom. The molecule has 0 saturated carbocycles. The zero-order valence-electron chi connectivity index (χ0n) is 43.6. The second-order valence-corrected chi connectivity index (χ2v) is 18.2. The first kappa shape index (κ1) is 63.3. The van der Waals surface area contributed by atoms with Crippen molar-refractivity contribution < 1.29 is 28.6 Å². The van der Waals surface area contributed by atoms with Gasteiger partial charge in [-0.15, -0.1) is 0 Å². The van der Waals surface area contributed by atoms with Gasteiger partial charge in [-0.05, 0) is 77.0 Å². The van der Waals surface area contributed by atoms with Crippen molar-refractivity contribution in [2.75, 3.05) is 13.2 Å². The third-order valence-electron chi connectivity index (χ3n) is 11.7. The summed E-state index contributed by atoms with van der Waals surface area (Å²) < 4.78 is 16.8. The summed E-state index contributed by atoms with van der Waals surface area (Å²) >= 11 is 0. The molecule has 0 radical (unpaired) electrons. The van der Waals surface area contributed by atoms with Crippen LogP contribution in [0.4, 0.5) is 0 Å². The van der Waals surface area contributed by atoms with Gasteiger partial charge in [-0.1, -0.05) is 253 Å². The number of rotatable bonds is 49. The van der Waals surface area contributed by atoms with Gasteiger partial charge in [-0.25, -0.2) is 0 Å². The average molecular weight is 931 g/mol. The van der Waals surface area contributed by atoms with Crippen molar-refractivity contribution in [3.8, 4) is 0 Å². The Morgan fingerprint density at radius 3 is 1.12 bits per heavy atom. The molecule has 1 atom stereocenters. The van der Waals surface area contributed by atoms with Crippen LogP contribution in [0.15, 0.2) is 97.2 Å². The number of carbonyl (C=O) groups excluding carboxylic acids is 3. The zero-order valence-corrected chi connectivity index (χ0v) is 43.6. The van der Waals surface area contributed by atoms with E-state index in [0.717, 1.165) is 77.0 Å². The van der Waals surface area contributed by atoms with Crippen molar-refractivity contribution in [3.63, 3.8) is 0 Å². The number of hydrogen-bond donors (Lipinski definition) is 0. The minimum Gasteiger partial charge on any atom is -0.462 e. The first-order chi connectivity index (χ1) is 33.0. The Labute approximate surface area is 413 Å². The van der Waals surface area contributed by atoms with Crippen LogP contribution >= 0.6 is 0 Å². The van der Waals surface area contributed by atoms with Gasteiger partial charge in [-0.3, -0.25) is 14.4 Å². The molecular weight excluding hydrogens is 829 g/mol. The highest BCUT2D eigenvalue weighted by atomic mass is 16.6. The summed E-state index contributed by atoms with van der Waals surface area (Å²) in [5.41, 5.74) is 0. The number of carbonyl (C=O) groups is 3. The van der Waals surface area contributed by atoms with E-state index in [2.05, 4.69) is 81.5 Å². The van der Waals surface area contributed by atoms with Gasteiger partial charge < -0.3 is 14.2 Å². The molecule has 0 aliphatic heterocycles. The molecule has 0 N–H and O–H groups in total. The molecular formula is C61H102O6. The second kappa shape index (κ2) is 54.9. The Kier molecular flexibility index (Phi) is 51.9. The van der Waals surface area contributed by atoms with Gasteiger partial charge in [0.05, 0.1) is 0 Å². The number of ether oxygens (including phenoxy) is 3. The van der Waals surface area contributed by atoms with Crippen LogP contribution in [0.25, 0.3) is 0 Å². The van der Waals surface area contributed by atoms with Crippen molar-refractivity contribution in [2.45, 2.75) is 258 Å².